The zero-order valence-corrected chi connectivity index (χ0v) is 15.4. The molecule has 1 atom stereocenters. The van der Waals surface area contributed by atoms with Crippen molar-refractivity contribution in [1.29, 1.82) is 0 Å². The van der Waals surface area contributed by atoms with E-state index in [1.165, 1.54) is 62.8 Å². The van der Waals surface area contributed by atoms with Crippen LogP contribution in [0, 0.1) is 17.8 Å². The van der Waals surface area contributed by atoms with Gasteiger partial charge in [0.25, 0.3) is 5.91 Å². The Bertz CT molecular complexity index is 667. The number of carbonyl (C=O) groups excluding carboxylic acids is 1. The van der Waals surface area contributed by atoms with Gasteiger partial charge in [0.05, 0.1) is 5.54 Å². The summed E-state index contributed by atoms with van der Waals surface area (Å²) in [5.74, 6) is 2.06. The molecule has 148 valence electrons. The molecule has 4 fully saturated rings. The highest BCUT2D eigenvalue weighted by molar-refractivity contribution is 5.93. The SMILES string of the molecule is C[C@@H]([NH2+]C12CC3CC(CC(C3)C1)C2)C(=O)Nc1ccc(OC(F)(F)F)cc1. The van der Waals surface area contributed by atoms with Crippen molar-refractivity contribution in [3.63, 3.8) is 0 Å². The molecule has 0 aromatic heterocycles. The number of carbonyl (C=O) groups is 1. The maximum Gasteiger partial charge on any atom is 0.573 e. The van der Waals surface area contributed by atoms with Gasteiger partial charge in [-0.15, -0.1) is 13.2 Å². The van der Waals surface area contributed by atoms with Crippen molar-refractivity contribution in [2.45, 2.75) is 63.4 Å². The van der Waals surface area contributed by atoms with Crippen molar-refractivity contribution in [3.8, 4) is 5.75 Å². The van der Waals surface area contributed by atoms with E-state index >= 15 is 0 Å². The van der Waals surface area contributed by atoms with Gasteiger partial charge in [0.2, 0.25) is 0 Å². The number of nitrogens with two attached hydrogens (primary N) is 1. The van der Waals surface area contributed by atoms with Crippen LogP contribution in [0.1, 0.15) is 45.4 Å². The Kier molecular flexibility index (Phi) is 4.61. The monoisotopic (exact) mass is 383 g/mol. The van der Waals surface area contributed by atoms with Crippen molar-refractivity contribution < 1.29 is 28.0 Å². The maximum atomic E-state index is 12.6. The third-order valence-corrected chi connectivity index (χ3v) is 6.46. The molecule has 4 nitrogen and oxygen atoms in total. The minimum absolute atomic E-state index is 0.116. The quantitative estimate of drug-likeness (QED) is 0.818. The lowest BCUT2D eigenvalue weighted by molar-refractivity contribution is -0.754. The zero-order chi connectivity index (χ0) is 19.2. The molecule has 1 aromatic carbocycles. The number of hydrogen-bond donors (Lipinski definition) is 2. The fourth-order valence-electron chi connectivity index (χ4n) is 5.98. The molecule has 7 heteroatoms. The summed E-state index contributed by atoms with van der Waals surface area (Å²) in [6, 6.07) is 5.03. The first-order chi connectivity index (χ1) is 12.7. The first kappa shape index (κ1) is 18.6. The highest BCUT2D eigenvalue weighted by Gasteiger charge is 2.54. The van der Waals surface area contributed by atoms with Crippen LogP contribution in [0.15, 0.2) is 24.3 Å². The first-order valence-corrected chi connectivity index (χ1v) is 9.72. The molecule has 3 N–H and O–H groups in total. The summed E-state index contributed by atoms with van der Waals surface area (Å²) in [4.78, 5) is 12.6. The molecule has 4 saturated carbocycles. The number of benzene rings is 1. The number of anilines is 1. The van der Waals surface area contributed by atoms with Gasteiger partial charge in [-0.25, -0.2) is 0 Å². The molecule has 0 spiro atoms. The van der Waals surface area contributed by atoms with E-state index in [1.54, 1.807) is 0 Å². The van der Waals surface area contributed by atoms with E-state index in [4.69, 9.17) is 0 Å². The minimum atomic E-state index is -4.72. The summed E-state index contributed by atoms with van der Waals surface area (Å²) < 4.78 is 40.5. The molecule has 27 heavy (non-hydrogen) atoms. The second-order valence-electron chi connectivity index (χ2n) is 8.80. The van der Waals surface area contributed by atoms with E-state index in [1.807, 2.05) is 6.92 Å². The Morgan fingerprint density at radius 2 is 1.63 bits per heavy atom. The second kappa shape index (κ2) is 6.69. The number of nitrogens with one attached hydrogen (secondary N) is 1. The zero-order valence-electron chi connectivity index (χ0n) is 15.4. The lowest BCUT2D eigenvalue weighted by Gasteiger charge is -2.55. The van der Waals surface area contributed by atoms with Crippen molar-refractivity contribution in [2.24, 2.45) is 17.8 Å². The smallest absolute Gasteiger partial charge is 0.406 e. The van der Waals surface area contributed by atoms with Crippen molar-refractivity contribution in [2.75, 3.05) is 5.32 Å². The Balaban J connectivity index is 1.34. The van der Waals surface area contributed by atoms with Crippen LogP contribution in [-0.4, -0.2) is 23.9 Å². The van der Waals surface area contributed by atoms with E-state index in [0.29, 0.717) is 5.69 Å². The van der Waals surface area contributed by atoms with E-state index in [-0.39, 0.29) is 23.2 Å². The number of rotatable bonds is 5. The lowest BCUT2D eigenvalue weighted by atomic mass is 9.53. The van der Waals surface area contributed by atoms with Crippen molar-refractivity contribution in [1.82, 2.24) is 0 Å². The third-order valence-electron chi connectivity index (χ3n) is 6.46. The molecule has 5 rings (SSSR count). The van der Waals surface area contributed by atoms with Crippen LogP contribution >= 0.6 is 0 Å². The van der Waals surface area contributed by atoms with Gasteiger partial charge in [0.15, 0.2) is 6.04 Å². The third kappa shape index (κ3) is 4.23. The van der Waals surface area contributed by atoms with Crippen molar-refractivity contribution >= 4 is 11.6 Å². The first-order valence-electron chi connectivity index (χ1n) is 9.72. The number of amides is 1. The predicted octanol–water partition coefficient (Wildman–Crippen LogP) is 3.44. The fraction of sp³-hybridized carbons (Fsp3) is 0.650. The van der Waals surface area contributed by atoms with Gasteiger partial charge in [-0.3, -0.25) is 4.79 Å². The fourth-order valence-corrected chi connectivity index (χ4v) is 5.98. The Hall–Kier alpha value is -1.76. The highest BCUT2D eigenvalue weighted by Crippen LogP contribution is 2.54. The van der Waals surface area contributed by atoms with Crippen LogP contribution < -0.4 is 15.4 Å². The van der Waals surface area contributed by atoms with E-state index in [9.17, 15) is 18.0 Å². The Labute approximate surface area is 156 Å². The molecule has 0 aliphatic heterocycles. The highest BCUT2D eigenvalue weighted by atomic mass is 19.4. The van der Waals surface area contributed by atoms with Crippen LogP contribution in [0.3, 0.4) is 0 Å². The average Bonchev–Trinajstić information content (AvgIpc) is 2.53. The number of halogens is 3. The summed E-state index contributed by atoms with van der Waals surface area (Å²) >= 11 is 0. The topological polar surface area (TPSA) is 54.9 Å². The van der Waals surface area contributed by atoms with E-state index in [2.05, 4.69) is 15.4 Å². The Morgan fingerprint density at radius 1 is 1.11 bits per heavy atom. The summed E-state index contributed by atoms with van der Waals surface area (Å²) in [6.07, 6.45) is 2.99. The molecule has 4 bridgehead atoms. The van der Waals surface area contributed by atoms with Gasteiger partial charge in [0, 0.05) is 24.9 Å². The van der Waals surface area contributed by atoms with Gasteiger partial charge in [-0.1, -0.05) is 0 Å². The van der Waals surface area contributed by atoms with Crippen LogP contribution in [0.25, 0.3) is 0 Å². The number of ether oxygens (including phenoxy) is 1. The normalized spacial score (nSPS) is 33.0. The van der Waals surface area contributed by atoms with E-state index < -0.39 is 6.36 Å². The largest absolute Gasteiger partial charge is 0.573 e. The predicted molar refractivity (Wildman–Crippen MR) is 94.0 cm³/mol. The van der Waals surface area contributed by atoms with Crippen molar-refractivity contribution in [3.05, 3.63) is 24.3 Å². The summed E-state index contributed by atoms with van der Waals surface area (Å²) in [7, 11) is 0. The Morgan fingerprint density at radius 3 is 2.11 bits per heavy atom. The van der Waals surface area contributed by atoms with Crippen LogP contribution in [-0.2, 0) is 4.79 Å². The summed E-state index contributed by atoms with van der Waals surface area (Å²) in [6.45, 7) is 1.91. The second-order valence-corrected chi connectivity index (χ2v) is 8.80. The van der Waals surface area contributed by atoms with Gasteiger partial charge < -0.3 is 15.4 Å². The van der Waals surface area contributed by atoms with Gasteiger partial charge >= 0.3 is 6.36 Å². The maximum absolute atomic E-state index is 12.6. The van der Waals surface area contributed by atoms with Gasteiger partial charge in [0.1, 0.15) is 5.75 Å². The summed E-state index contributed by atoms with van der Waals surface area (Å²) in [5.41, 5.74) is 0.677. The summed E-state index contributed by atoms with van der Waals surface area (Å²) in [5, 5.41) is 5.07. The molecule has 0 heterocycles. The van der Waals surface area contributed by atoms with Crippen LogP contribution in [0.2, 0.25) is 0 Å². The van der Waals surface area contributed by atoms with Crippen LogP contribution in [0.4, 0.5) is 18.9 Å². The van der Waals surface area contributed by atoms with Gasteiger partial charge in [-0.05, 0) is 68.2 Å². The molecule has 0 saturated heterocycles. The number of alkyl halides is 3. The van der Waals surface area contributed by atoms with Crippen LogP contribution in [0.5, 0.6) is 5.75 Å². The molecule has 0 unspecified atom stereocenters. The average molecular weight is 383 g/mol. The number of hydrogen-bond acceptors (Lipinski definition) is 2. The molecule has 1 aromatic rings. The lowest BCUT2D eigenvalue weighted by Crippen LogP contribution is -3.03. The van der Waals surface area contributed by atoms with Gasteiger partial charge in [-0.2, -0.15) is 0 Å². The minimum Gasteiger partial charge on any atom is -0.406 e. The van der Waals surface area contributed by atoms with E-state index in [0.717, 1.165) is 17.8 Å². The molecule has 4 aliphatic carbocycles. The molecular formula is C20H26F3N2O2+. The molecule has 0 radical (unpaired) electrons. The standard InChI is InChI=1S/C20H25F3N2O2/c1-12(25-19-9-13-6-14(10-19)8-15(7-13)11-19)18(26)24-16-2-4-17(5-3-16)27-20(21,22)23/h2-5,12-15,25H,6-11H2,1H3,(H,24,26)/p+1/t12-,13?,14?,15?,19?/m1/s1. The molecule has 1 amide bonds. The molecular weight excluding hydrogens is 357 g/mol. The number of quaternary nitrogens is 1. The molecule has 4 aliphatic rings.